The Kier molecular flexibility index (Phi) is 9.22. The number of benzene rings is 4. The van der Waals surface area contributed by atoms with Gasteiger partial charge < -0.3 is 0 Å². The summed E-state index contributed by atoms with van der Waals surface area (Å²) in [6.07, 6.45) is 6.86. The molecule has 4 heteroatoms. The summed E-state index contributed by atoms with van der Waals surface area (Å²) in [5.74, 6) is 0. The van der Waals surface area contributed by atoms with Crippen molar-refractivity contribution in [2.24, 2.45) is 0 Å². The maximum absolute atomic E-state index is 8.49. The van der Waals surface area contributed by atoms with Gasteiger partial charge in [-0.1, -0.05) is 0 Å². The standard InChI is InChI=1S/2C21H23.CH5Si.2ClH.Zr/c2*1-5-15-13-17-7-6-8-19(20(17)14-15)16-9-11-18(12-10-16)21(2,3)4;1-2;;;/h2*6-14H,5H2,1-4H3;2H2,1H3;2*1H;/q;;;;;+2/p-2. The Bertz CT molecular complexity index is 1750. The number of rotatable bonds is 7. The number of halogens is 2. The summed E-state index contributed by atoms with van der Waals surface area (Å²) in [6, 6.07) is 32.1. The molecule has 0 radical (unpaired) electrons. The molecule has 0 spiro atoms. The summed E-state index contributed by atoms with van der Waals surface area (Å²) in [4.78, 5) is 0. The van der Waals surface area contributed by atoms with Gasteiger partial charge in [0.15, 0.2) is 0 Å². The molecule has 4 aromatic carbocycles. The van der Waals surface area contributed by atoms with E-state index in [0.717, 1.165) is 12.8 Å². The quantitative estimate of drug-likeness (QED) is 0.165. The van der Waals surface area contributed by atoms with Gasteiger partial charge in [-0.25, -0.2) is 0 Å². The predicted octanol–water partition coefficient (Wildman–Crippen LogP) is 13.1. The molecule has 0 saturated carbocycles. The van der Waals surface area contributed by atoms with E-state index < -0.39 is 22.2 Å². The molecule has 0 saturated heterocycles. The number of allylic oxidation sites excluding steroid dienone is 2. The molecule has 2 atom stereocenters. The van der Waals surface area contributed by atoms with Crippen LogP contribution in [0.5, 0.6) is 0 Å². The van der Waals surface area contributed by atoms with Crippen LogP contribution in [-0.4, -0.2) is 6.65 Å². The molecular weight excluding hydrogens is 707 g/mol. The molecule has 2 aliphatic carbocycles. The first-order valence-corrected chi connectivity index (χ1v) is 34.1. The summed E-state index contributed by atoms with van der Waals surface area (Å²) >= 11 is -4.65. The van der Waals surface area contributed by atoms with Crippen LogP contribution in [-0.2, 0) is 26.4 Å². The van der Waals surface area contributed by atoms with Gasteiger partial charge >= 0.3 is 296 Å². The normalized spacial score (nSPS) is 18.9. The van der Waals surface area contributed by atoms with Crippen molar-refractivity contribution in [1.29, 1.82) is 0 Å². The summed E-state index contributed by atoms with van der Waals surface area (Å²) < 4.78 is 0.261. The molecule has 0 amide bonds. The van der Waals surface area contributed by atoms with Crippen molar-refractivity contribution >= 4 is 35.8 Å². The van der Waals surface area contributed by atoms with Crippen molar-refractivity contribution < 1.29 is 15.6 Å². The molecular formula is C43H51Cl2SiZr. The van der Waals surface area contributed by atoms with E-state index in [2.05, 4.69) is 159 Å². The van der Waals surface area contributed by atoms with E-state index in [1.807, 2.05) is 0 Å². The molecule has 4 aromatic rings. The summed E-state index contributed by atoms with van der Waals surface area (Å²) in [5.41, 5.74) is 16.3. The third kappa shape index (κ3) is 5.98. The fourth-order valence-corrected chi connectivity index (χ4v) is 37.3. The van der Waals surface area contributed by atoms with Gasteiger partial charge in [0.2, 0.25) is 0 Å². The molecule has 0 heterocycles. The first kappa shape index (κ1) is 34.9. The van der Waals surface area contributed by atoms with Gasteiger partial charge in [0.25, 0.3) is 0 Å². The van der Waals surface area contributed by atoms with Crippen molar-refractivity contribution in [3.05, 3.63) is 129 Å². The Morgan fingerprint density at radius 3 is 1.23 bits per heavy atom. The molecule has 6 rings (SSSR count). The number of fused-ring (bicyclic) bond motifs is 2. The Balaban J connectivity index is 1.49. The van der Waals surface area contributed by atoms with E-state index >= 15 is 0 Å². The summed E-state index contributed by atoms with van der Waals surface area (Å²) in [5, 5.41) is 0. The van der Waals surface area contributed by atoms with Crippen LogP contribution >= 0.6 is 17.0 Å². The van der Waals surface area contributed by atoms with Crippen molar-refractivity contribution in [2.45, 2.75) is 92.9 Å². The minimum atomic E-state index is -4.65. The number of hydrogen-bond donors (Lipinski definition) is 0. The van der Waals surface area contributed by atoms with Crippen LogP contribution in [0.4, 0.5) is 0 Å². The molecule has 2 unspecified atom stereocenters. The van der Waals surface area contributed by atoms with Crippen LogP contribution in [0, 0.1) is 0 Å². The number of hydrogen-bond acceptors (Lipinski definition) is 0. The van der Waals surface area contributed by atoms with E-state index in [0.29, 0.717) is 0 Å². The van der Waals surface area contributed by atoms with E-state index in [-0.39, 0.29) is 18.1 Å². The van der Waals surface area contributed by atoms with Crippen molar-refractivity contribution in [2.75, 3.05) is 0 Å². The Labute approximate surface area is 293 Å². The molecule has 47 heavy (non-hydrogen) atoms. The molecule has 245 valence electrons. The van der Waals surface area contributed by atoms with Crippen LogP contribution in [0.2, 0.25) is 6.55 Å². The third-order valence-electron chi connectivity index (χ3n) is 11.1. The van der Waals surface area contributed by atoms with Crippen LogP contribution in [0.1, 0.15) is 109 Å². The van der Waals surface area contributed by atoms with Gasteiger partial charge in [0.1, 0.15) is 0 Å². The zero-order chi connectivity index (χ0) is 34.0. The zero-order valence-corrected chi connectivity index (χ0v) is 35.2. The molecule has 0 fully saturated rings. The monoisotopic (exact) mass is 755 g/mol. The second-order valence-electron chi connectivity index (χ2n) is 16.0. The molecule has 0 N–H and O–H groups in total. The fraction of sp³-hybridized carbons (Fsp3) is 0.349. The SMILES string of the molecule is CCC1=Cc2c(-c3ccc(C(C)(C)C)cc3)cccc2[CH]1[Zr]([Cl])([Cl])([SiH2]C)[CH]1C(CC)=Cc2c(-c3ccc(C(C)(C)C)cc3)cccc21. The van der Waals surface area contributed by atoms with E-state index in [4.69, 9.17) is 17.0 Å². The minimum absolute atomic E-state index is 0.124. The van der Waals surface area contributed by atoms with Gasteiger partial charge in [-0.2, -0.15) is 0 Å². The van der Waals surface area contributed by atoms with Crippen LogP contribution in [0.15, 0.2) is 96.1 Å². The Morgan fingerprint density at radius 2 is 0.936 bits per heavy atom. The van der Waals surface area contributed by atoms with E-state index in [1.54, 1.807) is 0 Å². The van der Waals surface area contributed by atoms with Gasteiger partial charge in [0.05, 0.1) is 0 Å². The van der Waals surface area contributed by atoms with Gasteiger partial charge in [-0.05, 0) is 0 Å². The molecule has 0 aromatic heterocycles. The average Bonchev–Trinajstić information content (AvgIpc) is 3.64. The van der Waals surface area contributed by atoms with Crippen LogP contribution in [0.25, 0.3) is 34.4 Å². The average molecular weight is 758 g/mol. The van der Waals surface area contributed by atoms with Crippen molar-refractivity contribution in [1.82, 2.24) is 0 Å². The van der Waals surface area contributed by atoms with Gasteiger partial charge in [-0.3, -0.25) is 0 Å². The zero-order valence-electron chi connectivity index (χ0n) is 29.8. The van der Waals surface area contributed by atoms with Crippen LogP contribution in [0.3, 0.4) is 0 Å². The van der Waals surface area contributed by atoms with Crippen molar-refractivity contribution in [3.8, 4) is 22.3 Å². The topological polar surface area (TPSA) is 0 Å². The fourth-order valence-electron chi connectivity index (χ4n) is 8.31. The predicted molar refractivity (Wildman–Crippen MR) is 209 cm³/mol. The van der Waals surface area contributed by atoms with E-state index in [1.165, 1.54) is 66.8 Å². The summed E-state index contributed by atoms with van der Waals surface area (Å²) in [6.45, 7) is 19.8. The first-order chi connectivity index (χ1) is 22.1. The molecule has 0 aliphatic heterocycles. The second-order valence-corrected chi connectivity index (χ2v) is 57.4. The maximum atomic E-state index is 8.49. The first-order valence-electron chi connectivity index (χ1n) is 17.6. The van der Waals surface area contributed by atoms with Gasteiger partial charge in [0, 0.05) is 0 Å². The van der Waals surface area contributed by atoms with E-state index in [9.17, 15) is 0 Å². The van der Waals surface area contributed by atoms with Gasteiger partial charge in [-0.15, -0.1) is 0 Å². The molecule has 0 nitrogen and oxygen atoms in total. The molecule has 0 bridgehead atoms. The summed E-state index contributed by atoms with van der Waals surface area (Å²) in [7, 11) is 17.0. The third-order valence-corrected chi connectivity index (χ3v) is 51.0. The Hall–Kier alpha value is -1.96. The second kappa shape index (κ2) is 12.4. The molecule has 2 aliphatic rings. The Morgan fingerprint density at radius 1 is 0.574 bits per heavy atom. The van der Waals surface area contributed by atoms with Crippen molar-refractivity contribution in [3.63, 3.8) is 0 Å². The van der Waals surface area contributed by atoms with Crippen LogP contribution < -0.4 is 0 Å².